The Labute approximate surface area is 151 Å². The van der Waals surface area contributed by atoms with Crippen molar-refractivity contribution in [3.63, 3.8) is 0 Å². The molecule has 140 valence electrons. The molecule has 0 spiro atoms. The normalized spacial score (nSPS) is 22.0. The van der Waals surface area contributed by atoms with Crippen LogP contribution in [0.2, 0.25) is 0 Å². The van der Waals surface area contributed by atoms with Crippen LogP contribution < -0.4 is 16.0 Å². The highest BCUT2D eigenvalue weighted by Gasteiger charge is 2.25. The standard InChI is InChI=1S/C17H34N4O2S/c1-17(2,3)23-16(22)21-14-9-7-13(8-10-14)20-15(18-4)19-11-6-12-24-5/h13-14H,6-12H2,1-5H3,(H,21,22)(H2,18,19,20). The van der Waals surface area contributed by atoms with Gasteiger partial charge in [0.1, 0.15) is 5.60 Å². The zero-order valence-corrected chi connectivity index (χ0v) is 16.6. The molecule has 24 heavy (non-hydrogen) atoms. The number of nitrogens with zero attached hydrogens (tertiary/aromatic N) is 1. The van der Waals surface area contributed by atoms with Gasteiger partial charge in [0.15, 0.2) is 5.96 Å². The minimum Gasteiger partial charge on any atom is -0.444 e. The molecule has 1 amide bonds. The first-order chi connectivity index (χ1) is 11.3. The summed E-state index contributed by atoms with van der Waals surface area (Å²) in [6, 6.07) is 0.614. The molecule has 0 aliphatic heterocycles. The zero-order chi connectivity index (χ0) is 18.0. The summed E-state index contributed by atoms with van der Waals surface area (Å²) < 4.78 is 5.32. The maximum absolute atomic E-state index is 11.8. The van der Waals surface area contributed by atoms with Crippen molar-refractivity contribution in [2.24, 2.45) is 4.99 Å². The number of hydrogen-bond donors (Lipinski definition) is 3. The Morgan fingerprint density at radius 3 is 2.25 bits per heavy atom. The number of hydrogen-bond acceptors (Lipinski definition) is 4. The predicted octanol–water partition coefficient (Wildman–Crippen LogP) is 2.74. The van der Waals surface area contributed by atoms with Gasteiger partial charge >= 0.3 is 6.09 Å². The average Bonchev–Trinajstić information content (AvgIpc) is 2.50. The van der Waals surface area contributed by atoms with Crippen LogP contribution in [0.1, 0.15) is 52.9 Å². The fraction of sp³-hybridized carbons (Fsp3) is 0.882. The molecule has 0 unspecified atom stereocenters. The Morgan fingerprint density at radius 1 is 1.17 bits per heavy atom. The second kappa shape index (κ2) is 10.7. The van der Waals surface area contributed by atoms with Crippen LogP contribution in [0, 0.1) is 0 Å². The van der Waals surface area contributed by atoms with Crippen LogP contribution in [0.3, 0.4) is 0 Å². The highest BCUT2D eigenvalue weighted by molar-refractivity contribution is 7.98. The number of carbonyl (C=O) groups excluding carboxylic acids is 1. The van der Waals surface area contributed by atoms with Crippen LogP contribution in [0.4, 0.5) is 4.79 Å². The van der Waals surface area contributed by atoms with E-state index < -0.39 is 5.60 Å². The van der Waals surface area contributed by atoms with E-state index in [9.17, 15) is 4.79 Å². The summed E-state index contributed by atoms with van der Waals surface area (Å²) in [5.41, 5.74) is -0.447. The van der Waals surface area contributed by atoms with Gasteiger partial charge in [-0.25, -0.2) is 4.79 Å². The minimum absolute atomic E-state index is 0.203. The second-order valence-electron chi connectivity index (χ2n) is 7.18. The van der Waals surface area contributed by atoms with E-state index in [0.29, 0.717) is 6.04 Å². The molecule has 0 saturated heterocycles. The molecular weight excluding hydrogens is 324 g/mol. The number of amides is 1. The molecule has 0 aromatic rings. The highest BCUT2D eigenvalue weighted by atomic mass is 32.2. The Morgan fingerprint density at radius 2 is 1.75 bits per heavy atom. The van der Waals surface area contributed by atoms with Crippen LogP contribution in [-0.2, 0) is 4.74 Å². The predicted molar refractivity (Wildman–Crippen MR) is 103 cm³/mol. The SMILES string of the molecule is CN=C(NCCCSC)NC1CCC(NC(=O)OC(C)(C)C)CC1. The summed E-state index contributed by atoms with van der Waals surface area (Å²) in [4.78, 5) is 16.1. The molecule has 0 aromatic carbocycles. The molecule has 1 rings (SSSR count). The summed E-state index contributed by atoms with van der Waals surface area (Å²) in [6.07, 6.45) is 6.90. The first-order valence-corrected chi connectivity index (χ1v) is 10.2. The summed E-state index contributed by atoms with van der Waals surface area (Å²) in [5, 5.41) is 9.81. The molecule has 3 N–H and O–H groups in total. The topological polar surface area (TPSA) is 74.8 Å². The van der Waals surface area contributed by atoms with Crippen molar-refractivity contribution in [3.8, 4) is 0 Å². The summed E-state index contributed by atoms with van der Waals surface area (Å²) in [6.45, 7) is 6.58. The molecule has 1 fully saturated rings. The van der Waals surface area contributed by atoms with Gasteiger partial charge in [-0.1, -0.05) is 0 Å². The third kappa shape index (κ3) is 9.25. The second-order valence-corrected chi connectivity index (χ2v) is 8.17. The van der Waals surface area contributed by atoms with Crippen LogP contribution in [0.25, 0.3) is 0 Å². The molecule has 0 aromatic heterocycles. The van der Waals surface area contributed by atoms with Gasteiger partial charge in [0.25, 0.3) is 0 Å². The molecular formula is C17H34N4O2S. The number of rotatable bonds is 6. The number of alkyl carbamates (subject to hydrolysis) is 1. The maximum atomic E-state index is 11.8. The lowest BCUT2D eigenvalue weighted by Crippen LogP contribution is -2.48. The Kier molecular flexibility index (Phi) is 9.33. The van der Waals surface area contributed by atoms with Crippen molar-refractivity contribution >= 4 is 23.8 Å². The molecule has 1 aliphatic carbocycles. The first kappa shape index (κ1) is 20.9. The van der Waals surface area contributed by atoms with Gasteiger partial charge in [-0.05, 0) is 64.9 Å². The number of carbonyl (C=O) groups is 1. The van der Waals surface area contributed by atoms with Crippen molar-refractivity contribution in [2.45, 2.75) is 70.6 Å². The maximum Gasteiger partial charge on any atom is 0.407 e. The van der Waals surface area contributed by atoms with Crippen molar-refractivity contribution in [1.82, 2.24) is 16.0 Å². The monoisotopic (exact) mass is 358 g/mol. The van der Waals surface area contributed by atoms with Crippen molar-refractivity contribution in [3.05, 3.63) is 0 Å². The van der Waals surface area contributed by atoms with E-state index in [1.54, 1.807) is 7.05 Å². The van der Waals surface area contributed by atoms with E-state index in [1.807, 2.05) is 32.5 Å². The van der Waals surface area contributed by atoms with Crippen molar-refractivity contribution in [2.75, 3.05) is 25.6 Å². The van der Waals surface area contributed by atoms with Crippen molar-refractivity contribution in [1.29, 1.82) is 0 Å². The van der Waals surface area contributed by atoms with E-state index in [1.165, 1.54) is 0 Å². The number of aliphatic imine (C=N–C) groups is 1. The minimum atomic E-state index is -0.447. The fourth-order valence-corrected chi connectivity index (χ4v) is 3.10. The van der Waals surface area contributed by atoms with E-state index in [0.717, 1.165) is 50.4 Å². The van der Waals surface area contributed by atoms with Crippen molar-refractivity contribution < 1.29 is 9.53 Å². The van der Waals surface area contributed by atoms with E-state index in [2.05, 4.69) is 27.2 Å². The Bertz CT molecular complexity index is 402. The van der Waals surface area contributed by atoms with E-state index in [-0.39, 0.29) is 12.1 Å². The molecule has 1 aliphatic rings. The molecule has 0 radical (unpaired) electrons. The zero-order valence-electron chi connectivity index (χ0n) is 15.8. The first-order valence-electron chi connectivity index (χ1n) is 8.79. The van der Waals surface area contributed by atoms with Gasteiger partial charge in [0, 0.05) is 25.7 Å². The number of nitrogens with one attached hydrogen (secondary N) is 3. The van der Waals surface area contributed by atoms with Gasteiger partial charge in [0.05, 0.1) is 0 Å². The lowest BCUT2D eigenvalue weighted by Gasteiger charge is -2.31. The molecule has 0 bridgehead atoms. The number of ether oxygens (including phenoxy) is 1. The van der Waals surface area contributed by atoms with Gasteiger partial charge in [-0.2, -0.15) is 11.8 Å². The third-order valence-electron chi connectivity index (χ3n) is 3.83. The lowest BCUT2D eigenvalue weighted by atomic mass is 9.91. The average molecular weight is 359 g/mol. The smallest absolute Gasteiger partial charge is 0.407 e. The Balaban J connectivity index is 2.26. The summed E-state index contributed by atoms with van der Waals surface area (Å²) >= 11 is 1.86. The van der Waals surface area contributed by atoms with Gasteiger partial charge in [-0.3, -0.25) is 4.99 Å². The van der Waals surface area contributed by atoms with Crippen LogP contribution in [0.15, 0.2) is 4.99 Å². The quantitative estimate of drug-likeness (QED) is 0.387. The fourth-order valence-electron chi connectivity index (χ4n) is 2.67. The molecule has 6 nitrogen and oxygen atoms in total. The molecule has 0 atom stereocenters. The lowest BCUT2D eigenvalue weighted by molar-refractivity contribution is 0.0490. The largest absolute Gasteiger partial charge is 0.444 e. The Hall–Kier alpha value is -1.11. The highest BCUT2D eigenvalue weighted by Crippen LogP contribution is 2.19. The van der Waals surface area contributed by atoms with Crippen LogP contribution in [0.5, 0.6) is 0 Å². The summed E-state index contributed by atoms with van der Waals surface area (Å²) in [5.74, 6) is 2.03. The van der Waals surface area contributed by atoms with E-state index in [4.69, 9.17) is 4.74 Å². The van der Waals surface area contributed by atoms with Gasteiger partial charge in [-0.15, -0.1) is 0 Å². The molecule has 7 heteroatoms. The summed E-state index contributed by atoms with van der Waals surface area (Å²) in [7, 11) is 1.81. The molecule has 0 heterocycles. The number of guanidine groups is 1. The third-order valence-corrected chi connectivity index (χ3v) is 4.53. The van der Waals surface area contributed by atoms with E-state index >= 15 is 0 Å². The van der Waals surface area contributed by atoms with Crippen LogP contribution >= 0.6 is 11.8 Å². The van der Waals surface area contributed by atoms with Crippen LogP contribution in [-0.4, -0.2) is 55.3 Å². The molecule has 1 saturated carbocycles. The van der Waals surface area contributed by atoms with Gasteiger partial charge in [0.2, 0.25) is 0 Å². The number of thioether (sulfide) groups is 1. The van der Waals surface area contributed by atoms with Gasteiger partial charge < -0.3 is 20.7 Å².